The van der Waals surface area contributed by atoms with Gasteiger partial charge in [-0.15, -0.1) is 0 Å². The van der Waals surface area contributed by atoms with Crippen LogP contribution in [0.1, 0.15) is 16.7 Å². The highest BCUT2D eigenvalue weighted by Gasteiger charge is 2.22. The van der Waals surface area contributed by atoms with E-state index < -0.39 is 24.0 Å². The van der Waals surface area contributed by atoms with E-state index in [9.17, 15) is 14.4 Å². The van der Waals surface area contributed by atoms with Crippen molar-refractivity contribution in [2.75, 3.05) is 13.7 Å². The zero-order valence-corrected chi connectivity index (χ0v) is 15.9. The second-order valence-corrected chi connectivity index (χ2v) is 6.19. The van der Waals surface area contributed by atoms with Crippen LogP contribution in [0.15, 0.2) is 54.6 Å². The summed E-state index contributed by atoms with van der Waals surface area (Å²) in [6.07, 6.45) is -0.420. The van der Waals surface area contributed by atoms with Crippen molar-refractivity contribution in [3.8, 4) is 0 Å². The molecule has 148 valence electrons. The fourth-order valence-electron chi connectivity index (χ4n) is 2.57. The van der Waals surface area contributed by atoms with Gasteiger partial charge < -0.3 is 20.1 Å². The summed E-state index contributed by atoms with van der Waals surface area (Å²) in [6, 6.07) is 15.9. The second-order valence-electron chi connectivity index (χ2n) is 6.19. The molecular weight excluding hydrogens is 360 g/mol. The monoisotopic (exact) mass is 384 g/mol. The Labute approximate surface area is 164 Å². The van der Waals surface area contributed by atoms with E-state index in [2.05, 4.69) is 10.6 Å². The van der Waals surface area contributed by atoms with E-state index in [1.165, 1.54) is 7.11 Å². The minimum Gasteiger partial charge on any atom is -0.467 e. The first-order valence-electron chi connectivity index (χ1n) is 8.86. The van der Waals surface area contributed by atoms with Gasteiger partial charge in [0.15, 0.2) is 0 Å². The lowest BCUT2D eigenvalue weighted by molar-refractivity contribution is -0.144. The van der Waals surface area contributed by atoms with Gasteiger partial charge in [0.2, 0.25) is 5.91 Å². The highest BCUT2D eigenvalue weighted by molar-refractivity contribution is 5.87. The van der Waals surface area contributed by atoms with Crippen LogP contribution in [0.3, 0.4) is 0 Å². The average Bonchev–Trinajstić information content (AvgIpc) is 2.72. The first kappa shape index (κ1) is 21.0. The van der Waals surface area contributed by atoms with Crippen molar-refractivity contribution in [3.05, 3.63) is 71.3 Å². The molecule has 0 aromatic heterocycles. The number of benzene rings is 2. The molecule has 7 nitrogen and oxygen atoms in total. The van der Waals surface area contributed by atoms with E-state index in [0.29, 0.717) is 6.42 Å². The smallest absolute Gasteiger partial charge is 0.407 e. The van der Waals surface area contributed by atoms with Crippen molar-refractivity contribution < 1.29 is 23.9 Å². The van der Waals surface area contributed by atoms with Gasteiger partial charge in [-0.3, -0.25) is 4.79 Å². The summed E-state index contributed by atoms with van der Waals surface area (Å²) in [6.45, 7) is 1.72. The number of nitrogens with one attached hydrogen (secondary N) is 2. The van der Waals surface area contributed by atoms with E-state index in [0.717, 1.165) is 16.7 Å². The molecule has 0 saturated heterocycles. The molecular formula is C21H24N2O5. The van der Waals surface area contributed by atoms with E-state index in [-0.39, 0.29) is 13.2 Å². The molecule has 0 saturated carbocycles. The van der Waals surface area contributed by atoms with Crippen LogP contribution in [-0.4, -0.2) is 37.7 Å². The highest BCUT2D eigenvalue weighted by atomic mass is 16.5. The van der Waals surface area contributed by atoms with Crippen molar-refractivity contribution in [2.45, 2.75) is 26.0 Å². The maximum absolute atomic E-state index is 12.1. The van der Waals surface area contributed by atoms with Crippen LogP contribution >= 0.6 is 0 Å². The van der Waals surface area contributed by atoms with Gasteiger partial charge in [-0.25, -0.2) is 9.59 Å². The number of carbonyl (C=O) groups is 3. The first-order chi connectivity index (χ1) is 13.5. The van der Waals surface area contributed by atoms with Crippen LogP contribution in [0.4, 0.5) is 4.79 Å². The van der Waals surface area contributed by atoms with E-state index >= 15 is 0 Å². The molecule has 0 fully saturated rings. The third kappa shape index (κ3) is 6.75. The third-order valence-electron chi connectivity index (χ3n) is 4.11. The summed E-state index contributed by atoms with van der Waals surface area (Å²) in [4.78, 5) is 35.9. The average molecular weight is 384 g/mol. The summed E-state index contributed by atoms with van der Waals surface area (Å²) in [5.74, 6) is -1.07. The Morgan fingerprint density at radius 2 is 1.68 bits per heavy atom. The zero-order chi connectivity index (χ0) is 20.4. The Morgan fingerprint density at radius 3 is 2.36 bits per heavy atom. The van der Waals surface area contributed by atoms with Gasteiger partial charge in [0.1, 0.15) is 19.2 Å². The maximum atomic E-state index is 12.1. The molecule has 0 bridgehead atoms. The molecule has 0 heterocycles. The molecule has 2 amide bonds. The minimum absolute atomic E-state index is 0.104. The Kier molecular flexibility index (Phi) is 8.02. The molecule has 2 aromatic carbocycles. The number of hydrogen-bond donors (Lipinski definition) is 2. The number of alkyl carbamates (subject to hydrolysis) is 1. The number of ether oxygens (including phenoxy) is 2. The van der Waals surface area contributed by atoms with Gasteiger partial charge in [-0.05, 0) is 23.6 Å². The molecule has 2 rings (SSSR count). The van der Waals surface area contributed by atoms with Gasteiger partial charge in [-0.2, -0.15) is 0 Å². The predicted octanol–water partition coefficient (Wildman–Crippen LogP) is 2.12. The lowest BCUT2D eigenvalue weighted by Gasteiger charge is -2.18. The zero-order valence-electron chi connectivity index (χ0n) is 15.9. The quantitative estimate of drug-likeness (QED) is 0.680. The van der Waals surface area contributed by atoms with Crippen LogP contribution in [0.5, 0.6) is 0 Å². The number of aryl methyl sites for hydroxylation is 1. The molecule has 0 aliphatic carbocycles. The van der Waals surface area contributed by atoms with Gasteiger partial charge >= 0.3 is 12.1 Å². The van der Waals surface area contributed by atoms with Crippen molar-refractivity contribution >= 4 is 18.0 Å². The highest BCUT2D eigenvalue weighted by Crippen LogP contribution is 2.10. The van der Waals surface area contributed by atoms with Crippen LogP contribution in [-0.2, 0) is 32.1 Å². The summed E-state index contributed by atoms with van der Waals surface area (Å²) >= 11 is 0. The fraction of sp³-hybridized carbons (Fsp3) is 0.286. The number of methoxy groups -OCH3 is 1. The van der Waals surface area contributed by atoms with Crippen molar-refractivity contribution in [1.82, 2.24) is 10.6 Å². The molecule has 0 aliphatic rings. The predicted molar refractivity (Wildman–Crippen MR) is 103 cm³/mol. The maximum Gasteiger partial charge on any atom is 0.407 e. The summed E-state index contributed by atoms with van der Waals surface area (Å²) in [7, 11) is 1.26. The van der Waals surface area contributed by atoms with Gasteiger partial charge in [0.25, 0.3) is 0 Å². The fourth-order valence-corrected chi connectivity index (χ4v) is 2.57. The van der Waals surface area contributed by atoms with Gasteiger partial charge in [0.05, 0.1) is 7.11 Å². The van der Waals surface area contributed by atoms with Crippen molar-refractivity contribution in [2.24, 2.45) is 0 Å². The largest absolute Gasteiger partial charge is 0.467 e. The number of esters is 1. The molecule has 0 aliphatic heterocycles. The normalized spacial score (nSPS) is 11.2. The Morgan fingerprint density at radius 1 is 1.00 bits per heavy atom. The molecule has 28 heavy (non-hydrogen) atoms. The number of carbonyl (C=O) groups excluding carboxylic acids is 3. The van der Waals surface area contributed by atoms with E-state index in [1.54, 1.807) is 0 Å². The molecule has 2 aromatic rings. The summed E-state index contributed by atoms with van der Waals surface area (Å²) in [5, 5.41) is 4.95. The van der Waals surface area contributed by atoms with Crippen molar-refractivity contribution in [3.63, 3.8) is 0 Å². The lowest BCUT2D eigenvalue weighted by Crippen LogP contribution is -2.47. The van der Waals surface area contributed by atoms with E-state index in [1.807, 2.05) is 61.5 Å². The topological polar surface area (TPSA) is 93.7 Å². The van der Waals surface area contributed by atoms with Gasteiger partial charge in [0, 0.05) is 6.42 Å². The number of rotatable bonds is 8. The van der Waals surface area contributed by atoms with Crippen LogP contribution in [0.25, 0.3) is 0 Å². The van der Waals surface area contributed by atoms with Crippen LogP contribution in [0.2, 0.25) is 0 Å². The molecule has 0 unspecified atom stereocenters. The SMILES string of the molecule is COC(=O)[C@H](Cc1ccccc1C)NC(=O)CNC(=O)OCc1ccccc1. The van der Waals surface area contributed by atoms with Gasteiger partial charge in [-0.1, -0.05) is 54.6 Å². The molecule has 0 spiro atoms. The Balaban J connectivity index is 1.83. The third-order valence-corrected chi connectivity index (χ3v) is 4.11. The molecule has 2 N–H and O–H groups in total. The summed E-state index contributed by atoms with van der Waals surface area (Å²) in [5.41, 5.74) is 2.77. The van der Waals surface area contributed by atoms with E-state index in [4.69, 9.17) is 9.47 Å². The molecule has 1 atom stereocenters. The summed E-state index contributed by atoms with van der Waals surface area (Å²) < 4.78 is 9.81. The van der Waals surface area contributed by atoms with Crippen LogP contribution in [0, 0.1) is 6.92 Å². The standard InChI is InChI=1S/C21H24N2O5/c1-15-8-6-7-11-17(15)12-18(20(25)27-2)23-19(24)13-22-21(26)28-14-16-9-4-3-5-10-16/h3-11,18H,12-14H2,1-2H3,(H,22,26)(H,23,24)/t18-/m0/s1. The Hall–Kier alpha value is -3.35. The van der Waals surface area contributed by atoms with Crippen molar-refractivity contribution in [1.29, 1.82) is 0 Å². The second kappa shape index (κ2) is 10.7. The minimum atomic E-state index is -0.847. The lowest BCUT2D eigenvalue weighted by atomic mass is 10.0. The molecule has 7 heteroatoms. The number of amides is 2. The Bertz CT molecular complexity index is 807. The number of hydrogen-bond acceptors (Lipinski definition) is 5. The first-order valence-corrected chi connectivity index (χ1v) is 8.86. The van der Waals surface area contributed by atoms with Crippen LogP contribution < -0.4 is 10.6 Å². The molecule has 0 radical (unpaired) electrons.